The third kappa shape index (κ3) is 2.92. The van der Waals surface area contributed by atoms with Crippen molar-refractivity contribution < 1.29 is 14.6 Å². The van der Waals surface area contributed by atoms with Crippen molar-refractivity contribution in [2.45, 2.75) is 6.92 Å². The molecule has 3 nitrogen and oxygen atoms in total. The van der Waals surface area contributed by atoms with Crippen LogP contribution in [0.1, 0.15) is 21.5 Å². The normalized spacial score (nSPS) is 10.6. The first kappa shape index (κ1) is 11.5. The van der Waals surface area contributed by atoms with Crippen molar-refractivity contribution in [3.63, 3.8) is 0 Å². The molecule has 0 saturated carbocycles. The van der Waals surface area contributed by atoms with Crippen LogP contribution in [-0.4, -0.2) is 24.8 Å². The summed E-state index contributed by atoms with van der Waals surface area (Å²) >= 11 is 0. The van der Waals surface area contributed by atoms with Crippen molar-refractivity contribution in [1.29, 1.82) is 0 Å². The third-order valence-corrected chi connectivity index (χ3v) is 2.09. The fourth-order valence-electron chi connectivity index (χ4n) is 1.29. The number of hydrogen-bond donors (Lipinski definition) is 1. The van der Waals surface area contributed by atoms with Crippen molar-refractivity contribution in [3.05, 3.63) is 41.0 Å². The predicted octanol–water partition coefficient (Wildman–Crippen LogP) is 1.79. The van der Waals surface area contributed by atoms with Gasteiger partial charge in [0.25, 0.3) is 0 Å². The Morgan fingerprint density at radius 2 is 2.27 bits per heavy atom. The molecule has 1 N–H and O–H groups in total. The lowest BCUT2D eigenvalue weighted by Gasteiger charge is -2.03. The Labute approximate surface area is 89.0 Å². The van der Waals surface area contributed by atoms with E-state index in [0.717, 1.165) is 11.1 Å². The molecule has 1 aromatic rings. The van der Waals surface area contributed by atoms with Crippen LogP contribution in [0.4, 0.5) is 0 Å². The number of methoxy groups -OCH3 is 1. The molecule has 0 atom stereocenters. The number of carbonyl (C=O) groups is 1. The van der Waals surface area contributed by atoms with Gasteiger partial charge in [0.15, 0.2) is 0 Å². The Morgan fingerprint density at radius 1 is 1.53 bits per heavy atom. The zero-order chi connectivity index (χ0) is 11.3. The fraction of sp³-hybridized carbons (Fsp3) is 0.250. The van der Waals surface area contributed by atoms with Gasteiger partial charge in [-0.1, -0.05) is 18.2 Å². The summed E-state index contributed by atoms with van der Waals surface area (Å²) in [5.74, 6) is -0.337. The minimum Gasteiger partial charge on any atom is -0.465 e. The van der Waals surface area contributed by atoms with E-state index < -0.39 is 0 Å². The van der Waals surface area contributed by atoms with Crippen molar-refractivity contribution in [2.75, 3.05) is 13.7 Å². The molecule has 1 aromatic carbocycles. The Morgan fingerprint density at radius 3 is 2.80 bits per heavy atom. The summed E-state index contributed by atoms with van der Waals surface area (Å²) < 4.78 is 4.62. The van der Waals surface area contributed by atoms with Crippen LogP contribution in [0.2, 0.25) is 0 Å². The number of esters is 1. The van der Waals surface area contributed by atoms with E-state index in [1.165, 1.54) is 7.11 Å². The highest BCUT2D eigenvalue weighted by molar-refractivity contribution is 5.89. The molecule has 0 aliphatic rings. The van der Waals surface area contributed by atoms with Crippen LogP contribution in [0.3, 0.4) is 0 Å². The molecule has 3 heteroatoms. The van der Waals surface area contributed by atoms with Gasteiger partial charge in [-0.15, -0.1) is 0 Å². The van der Waals surface area contributed by atoms with Gasteiger partial charge in [-0.25, -0.2) is 4.79 Å². The first-order valence-corrected chi connectivity index (χ1v) is 4.65. The van der Waals surface area contributed by atoms with Gasteiger partial charge in [0.05, 0.1) is 19.3 Å². The Bertz CT molecular complexity index is 380. The predicted molar refractivity (Wildman–Crippen MR) is 58.6 cm³/mol. The van der Waals surface area contributed by atoms with E-state index in [1.807, 2.05) is 19.1 Å². The molecule has 0 aromatic heterocycles. The quantitative estimate of drug-likeness (QED) is 0.767. The number of aryl methyl sites for hydroxylation is 1. The van der Waals surface area contributed by atoms with Gasteiger partial charge < -0.3 is 9.84 Å². The standard InChI is InChI=1S/C12H14O3/c1-9-8-11(12(14)15-2)6-5-10(9)4-3-7-13/h3-6,8,13H,7H2,1-2H3. The van der Waals surface area contributed by atoms with E-state index in [0.29, 0.717) is 5.56 Å². The number of aliphatic hydroxyl groups excluding tert-OH is 1. The molecule has 0 bridgehead atoms. The summed E-state index contributed by atoms with van der Waals surface area (Å²) in [6.45, 7) is 1.92. The smallest absolute Gasteiger partial charge is 0.337 e. The second-order valence-corrected chi connectivity index (χ2v) is 3.15. The monoisotopic (exact) mass is 206 g/mol. The zero-order valence-corrected chi connectivity index (χ0v) is 8.86. The third-order valence-electron chi connectivity index (χ3n) is 2.09. The highest BCUT2D eigenvalue weighted by Crippen LogP contribution is 2.13. The van der Waals surface area contributed by atoms with E-state index in [-0.39, 0.29) is 12.6 Å². The van der Waals surface area contributed by atoms with Crippen molar-refractivity contribution in [3.8, 4) is 0 Å². The number of carbonyl (C=O) groups excluding carboxylic acids is 1. The summed E-state index contributed by atoms with van der Waals surface area (Å²) in [5.41, 5.74) is 2.50. The SMILES string of the molecule is COC(=O)c1ccc(C=CCO)c(C)c1. The van der Waals surface area contributed by atoms with Crippen LogP contribution >= 0.6 is 0 Å². The summed E-state index contributed by atoms with van der Waals surface area (Å²) in [6, 6.07) is 5.30. The largest absolute Gasteiger partial charge is 0.465 e. The molecular weight excluding hydrogens is 192 g/mol. The van der Waals surface area contributed by atoms with Crippen LogP contribution in [0.5, 0.6) is 0 Å². The van der Waals surface area contributed by atoms with Gasteiger partial charge >= 0.3 is 5.97 Å². The second kappa shape index (κ2) is 5.32. The minimum absolute atomic E-state index is 0.0121. The lowest BCUT2D eigenvalue weighted by Crippen LogP contribution is -2.01. The first-order chi connectivity index (χ1) is 7.19. The molecule has 0 amide bonds. The Hall–Kier alpha value is -1.61. The molecule has 0 fully saturated rings. The lowest BCUT2D eigenvalue weighted by molar-refractivity contribution is 0.0600. The molecule has 0 radical (unpaired) electrons. The zero-order valence-electron chi connectivity index (χ0n) is 8.86. The number of hydrogen-bond acceptors (Lipinski definition) is 3. The van der Waals surface area contributed by atoms with Crippen LogP contribution < -0.4 is 0 Å². The minimum atomic E-state index is -0.337. The summed E-state index contributed by atoms with van der Waals surface area (Å²) in [7, 11) is 1.36. The van der Waals surface area contributed by atoms with Crippen molar-refractivity contribution in [2.24, 2.45) is 0 Å². The molecule has 0 heterocycles. The van der Waals surface area contributed by atoms with E-state index in [4.69, 9.17) is 5.11 Å². The van der Waals surface area contributed by atoms with E-state index in [2.05, 4.69) is 4.74 Å². The molecule has 15 heavy (non-hydrogen) atoms. The van der Waals surface area contributed by atoms with Crippen LogP contribution in [0.15, 0.2) is 24.3 Å². The maximum Gasteiger partial charge on any atom is 0.337 e. The van der Waals surface area contributed by atoms with Gasteiger partial charge in [-0.3, -0.25) is 0 Å². The Kier molecular flexibility index (Phi) is 4.06. The maximum absolute atomic E-state index is 11.2. The van der Waals surface area contributed by atoms with Crippen LogP contribution in [0, 0.1) is 6.92 Å². The molecule has 80 valence electrons. The number of rotatable bonds is 3. The highest BCUT2D eigenvalue weighted by atomic mass is 16.5. The highest BCUT2D eigenvalue weighted by Gasteiger charge is 2.05. The van der Waals surface area contributed by atoms with Gasteiger partial charge in [0, 0.05) is 0 Å². The molecule has 0 spiro atoms. The van der Waals surface area contributed by atoms with Crippen LogP contribution in [-0.2, 0) is 4.74 Å². The molecule has 0 aliphatic heterocycles. The molecular formula is C12H14O3. The summed E-state index contributed by atoms with van der Waals surface area (Å²) in [6.07, 6.45) is 3.47. The summed E-state index contributed by atoms with van der Waals surface area (Å²) in [4.78, 5) is 11.2. The van der Waals surface area contributed by atoms with Crippen LogP contribution in [0.25, 0.3) is 6.08 Å². The number of benzene rings is 1. The first-order valence-electron chi connectivity index (χ1n) is 4.65. The van der Waals surface area contributed by atoms with E-state index in [9.17, 15) is 4.79 Å². The lowest BCUT2D eigenvalue weighted by atomic mass is 10.0. The van der Waals surface area contributed by atoms with Crippen molar-refractivity contribution in [1.82, 2.24) is 0 Å². The van der Waals surface area contributed by atoms with E-state index >= 15 is 0 Å². The molecule has 1 rings (SSSR count). The van der Waals surface area contributed by atoms with Crippen molar-refractivity contribution >= 4 is 12.0 Å². The topological polar surface area (TPSA) is 46.5 Å². The Balaban J connectivity index is 2.98. The number of ether oxygens (including phenoxy) is 1. The second-order valence-electron chi connectivity index (χ2n) is 3.15. The molecule has 0 aliphatic carbocycles. The number of aliphatic hydroxyl groups is 1. The maximum atomic E-state index is 11.2. The average Bonchev–Trinajstić information content (AvgIpc) is 2.26. The van der Waals surface area contributed by atoms with Gasteiger partial charge in [0.2, 0.25) is 0 Å². The molecule has 0 unspecified atom stereocenters. The van der Waals surface area contributed by atoms with Gasteiger partial charge in [-0.2, -0.15) is 0 Å². The van der Waals surface area contributed by atoms with Gasteiger partial charge in [0.1, 0.15) is 0 Å². The van der Waals surface area contributed by atoms with Gasteiger partial charge in [-0.05, 0) is 30.2 Å². The summed E-state index contributed by atoms with van der Waals surface area (Å²) in [5, 5.41) is 8.64. The van der Waals surface area contributed by atoms with E-state index in [1.54, 1.807) is 18.2 Å². The fourth-order valence-corrected chi connectivity index (χ4v) is 1.29. The molecule has 0 saturated heterocycles. The average molecular weight is 206 g/mol.